The topological polar surface area (TPSA) is 9.23 Å². The van der Waals surface area contributed by atoms with Gasteiger partial charge in [-0.25, -0.2) is 0 Å². The molecule has 3 atom stereocenters. The third-order valence-electron chi connectivity index (χ3n) is 7.12. The average molecular weight is 409 g/mol. The number of allylic oxidation sites excluding steroid dienone is 4. The highest BCUT2D eigenvalue weighted by Crippen LogP contribution is 2.54. The second-order valence-electron chi connectivity index (χ2n) is 10.7. The van der Waals surface area contributed by atoms with Crippen LogP contribution in [0.4, 0.5) is 0 Å². The van der Waals surface area contributed by atoms with Crippen LogP contribution in [0.5, 0.6) is 5.75 Å². The Morgan fingerprint density at radius 2 is 1.97 bits per heavy atom. The Hall–Kier alpha value is -1.54. The molecule has 0 bridgehead atoms. The maximum absolute atomic E-state index is 6.43. The molecule has 0 heterocycles. The molecular formula is C27H40OSi. The molecule has 0 aliphatic heterocycles. The van der Waals surface area contributed by atoms with E-state index in [1.54, 1.807) is 5.57 Å². The third kappa shape index (κ3) is 4.19. The number of fused-ring (bicyclic) bond motifs is 1. The minimum absolute atomic E-state index is 0.0525. The van der Waals surface area contributed by atoms with Gasteiger partial charge >= 0.3 is 0 Å². The molecule has 3 unspecified atom stereocenters. The van der Waals surface area contributed by atoms with E-state index in [1.807, 2.05) is 6.08 Å². The van der Waals surface area contributed by atoms with Crippen LogP contribution in [0.2, 0.25) is 18.6 Å². The molecule has 0 amide bonds. The van der Waals surface area contributed by atoms with Gasteiger partial charge in [-0.05, 0) is 53.3 Å². The summed E-state index contributed by atoms with van der Waals surface area (Å²) in [5.41, 5.74) is 5.18. The maximum atomic E-state index is 6.43. The van der Waals surface area contributed by atoms with Gasteiger partial charge in [0, 0.05) is 0 Å². The van der Waals surface area contributed by atoms with Crippen molar-refractivity contribution in [3.05, 3.63) is 59.7 Å². The van der Waals surface area contributed by atoms with Crippen LogP contribution >= 0.6 is 0 Å². The summed E-state index contributed by atoms with van der Waals surface area (Å²) in [4.78, 5) is 0. The SMILES string of the molecule is C=CCOc1c(C(C)(C)C)cc(C)cc1[Si](C)(C)C1C2=CC=CCC2CC1CC. The number of ether oxygens (including phenoxy) is 1. The molecule has 0 aromatic heterocycles. The molecular weight excluding hydrogens is 368 g/mol. The highest BCUT2D eigenvalue weighted by molar-refractivity contribution is 6.92. The van der Waals surface area contributed by atoms with Crippen LogP contribution in [0.1, 0.15) is 58.1 Å². The predicted octanol–water partition coefficient (Wildman–Crippen LogP) is 7.08. The van der Waals surface area contributed by atoms with Gasteiger partial charge in [0.25, 0.3) is 0 Å². The van der Waals surface area contributed by atoms with Gasteiger partial charge in [0.1, 0.15) is 12.4 Å². The van der Waals surface area contributed by atoms with E-state index in [2.05, 4.69) is 84.7 Å². The van der Waals surface area contributed by atoms with E-state index >= 15 is 0 Å². The standard InChI is InChI=1S/C27H40OSi/c1-9-15-28-25-23(27(4,5)6)16-19(3)17-24(25)29(7,8)26-20(10-2)18-21-13-11-12-14-22(21)26/h9,11-12,14,16-17,20-21,26H,1,10,13,15,18H2,2-8H3. The maximum Gasteiger partial charge on any atom is 0.122 e. The summed E-state index contributed by atoms with van der Waals surface area (Å²) in [5, 5.41) is 1.50. The van der Waals surface area contributed by atoms with Crippen LogP contribution < -0.4 is 9.92 Å². The molecule has 1 saturated carbocycles. The number of aryl methyl sites for hydroxylation is 1. The molecule has 1 aromatic carbocycles. The molecule has 1 nitrogen and oxygen atoms in total. The van der Waals surface area contributed by atoms with Crippen LogP contribution in [0.3, 0.4) is 0 Å². The molecule has 1 aromatic rings. The van der Waals surface area contributed by atoms with E-state index in [1.165, 1.54) is 35.6 Å². The Morgan fingerprint density at radius 1 is 1.24 bits per heavy atom. The lowest BCUT2D eigenvalue weighted by Crippen LogP contribution is -2.49. The van der Waals surface area contributed by atoms with E-state index in [0.717, 1.165) is 17.6 Å². The first kappa shape index (κ1) is 22.1. The lowest BCUT2D eigenvalue weighted by atomic mass is 9.85. The summed E-state index contributed by atoms with van der Waals surface area (Å²) < 4.78 is 6.43. The van der Waals surface area contributed by atoms with Gasteiger partial charge in [0.15, 0.2) is 0 Å². The van der Waals surface area contributed by atoms with Crippen LogP contribution in [0, 0.1) is 18.8 Å². The van der Waals surface area contributed by atoms with Crippen molar-refractivity contribution < 1.29 is 4.74 Å². The smallest absolute Gasteiger partial charge is 0.122 e. The van der Waals surface area contributed by atoms with Crippen LogP contribution in [-0.2, 0) is 5.41 Å². The fraction of sp³-hybridized carbons (Fsp3) is 0.556. The third-order valence-corrected chi connectivity index (χ3v) is 11.2. The van der Waals surface area contributed by atoms with Gasteiger partial charge in [-0.2, -0.15) is 0 Å². The van der Waals surface area contributed by atoms with Crippen molar-refractivity contribution in [1.82, 2.24) is 0 Å². The second kappa shape index (κ2) is 8.30. The highest BCUT2D eigenvalue weighted by atomic mass is 28.3. The number of benzene rings is 1. The van der Waals surface area contributed by atoms with Crippen molar-refractivity contribution in [3.8, 4) is 5.75 Å². The Labute approximate surface area is 180 Å². The van der Waals surface area contributed by atoms with Crippen molar-refractivity contribution in [1.29, 1.82) is 0 Å². The summed E-state index contributed by atoms with van der Waals surface area (Å²) >= 11 is 0. The van der Waals surface area contributed by atoms with E-state index in [4.69, 9.17) is 4.74 Å². The first-order valence-electron chi connectivity index (χ1n) is 11.4. The fourth-order valence-corrected chi connectivity index (χ4v) is 10.2. The van der Waals surface area contributed by atoms with Crippen molar-refractivity contribution in [2.45, 2.75) is 77.9 Å². The first-order chi connectivity index (χ1) is 13.6. The fourth-order valence-electron chi connectivity index (χ4n) is 5.74. The van der Waals surface area contributed by atoms with Gasteiger partial charge in [-0.3, -0.25) is 0 Å². The molecule has 158 valence electrons. The molecule has 2 aliphatic rings. The molecule has 0 radical (unpaired) electrons. The molecule has 29 heavy (non-hydrogen) atoms. The van der Waals surface area contributed by atoms with Gasteiger partial charge in [-0.15, -0.1) is 0 Å². The molecule has 2 heteroatoms. The lowest BCUT2D eigenvalue weighted by molar-refractivity contribution is 0.353. The van der Waals surface area contributed by atoms with E-state index < -0.39 is 8.07 Å². The summed E-state index contributed by atoms with van der Waals surface area (Å²) in [6.45, 7) is 21.2. The van der Waals surface area contributed by atoms with Crippen LogP contribution in [-0.4, -0.2) is 14.7 Å². The Kier molecular flexibility index (Phi) is 6.34. The summed E-state index contributed by atoms with van der Waals surface area (Å²) in [7, 11) is -1.84. The summed E-state index contributed by atoms with van der Waals surface area (Å²) in [6.07, 6.45) is 12.8. The zero-order valence-electron chi connectivity index (χ0n) is 19.6. The van der Waals surface area contributed by atoms with E-state index in [-0.39, 0.29) is 5.41 Å². The lowest BCUT2D eigenvalue weighted by Gasteiger charge is -2.38. The minimum Gasteiger partial charge on any atom is -0.489 e. The highest BCUT2D eigenvalue weighted by Gasteiger charge is 2.48. The van der Waals surface area contributed by atoms with Crippen molar-refractivity contribution in [3.63, 3.8) is 0 Å². The number of rotatable bonds is 6. The molecule has 0 saturated heterocycles. The first-order valence-corrected chi connectivity index (χ1v) is 14.4. The van der Waals surface area contributed by atoms with Gasteiger partial charge in [-0.1, -0.05) is 101 Å². The quantitative estimate of drug-likeness (QED) is 0.361. The summed E-state index contributed by atoms with van der Waals surface area (Å²) in [5.74, 6) is 2.69. The largest absolute Gasteiger partial charge is 0.489 e. The Balaban J connectivity index is 2.19. The van der Waals surface area contributed by atoms with Crippen LogP contribution in [0.15, 0.2) is 48.6 Å². The van der Waals surface area contributed by atoms with E-state index in [0.29, 0.717) is 12.1 Å². The summed E-state index contributed by atoms with van der Waals surface area (Å²) in [6, 6.07) is 4.78. The van der Waals surface area contributed by atoms with Gasteiger partial charge in [0.2, 0.25) is 0 Å². The number of hydrogen-bond acceptors (Lipinski definition) is 1. The molecule has 1 fully saturated rings. The molecule has 0 N–H and O–H groups in total. The average Bonchev–Trinajstić information content (AvgIpc) is 3.05. The molecule has 0 spiro atoms. The predicted molar refractivity (Wildman–Crippen MR) is 130 cm³/mol. The Morgan fingerprint density at radius 3 is 2.59 bits per heavy atom. The molecule has 2 aliphatic carbocycles. The monoisotopic (exact) mass is 408 g/mol. The van der Waals surface area contributed by atoms with E-state index in [9.17, 15) is 0 Å². The number of hydrogen-bond donors (Lipinski definition) is 0. The molecule has 3 rings (SSSR count). The minimum atomic E-state index is -1.84. The zero-order valence-corrected chi connectivity index (χ0v) is 20.6. The second-order valence-corrected chi connectivity index (χ2v) is 15.3. The zero-order chi connectivity index (χ0) is 21.4. The van der Waals surface area contributed by atoms with Gasteiger partial charge < -0.3 is 4.74 Å². The van der Waals surface area contributed by atoms with Crippen LogP contribution in [0.25, 0.3) is 0 Å². The van der Waals surface area contributed by atoms with Crippen molar-refractivity contribution >= 4 is 13.3 Å². The normalized spacial score (nSPS) is 24.2. The van der Waals surface area contributed by atoms with Crippen molar-refractivity contribution in [2.75, 3.05) is 6.61 Å². The van der Waals surface area contributed by atoms with Crippen molar-refractivity contribution in [2.24, 2.45) is 11.8 Å². The van der Waals surface area contributed by atoms with Gasteiger partial charge in [0.05, 0.1) is 8.07 Å². The Bertz CT molecular complexity index is 822.